The smallest absolute Gasteiger partial charge is 0.232 e. The number of aromatic nitrogens is 3. The summed E-state index contributed by atoms with van der Waals surface area (Å²) >= 11 is 1.68. The van der Waals surface area contributed by atoms with Gasteiger partial charge in [-0.2, -0.15) is 0 Å². The van der Waals surface area contributed by atoms with E-state index in [4.69, 9.17) is 4.74 Å². The molecular formula is C18H22N4O2S. The molecule has 0 saturated carbocycles. The number of piperidine rings is 1. The van der Waals surface area contributed by atoms with Crippen molar-refractivity contribution in [3.05, 3.63) is 47.3 Å². The number of hydrogen-bond donors (Lipinski definition) is 0. The zero-order valence-corrected chi connectivity index (χ0v) is 15.1. The van der Waals surface area contributed by atoms with Gasteiger partial charge in [-0.05, 0) is 24.5 Å². The average molecular weight is 358 g/mol. The van der Waals surface area contributed by atoms with Crippen molar-refractivity contribution in [1.82, 2.24) is 19.9 Å². The molecule has 7 heteroatoms. The number of rotatable bonds is 4. The highest BCUT2D eigenvalue weighted by Gasteiger charge is 2.37. The highest BCUT2D eigenvalue weighted by atomic mass is 32.2. The fraction of sp³-hybridized carbons (Fsp3) is 0.500. The lowest BCUT2D eigenvalue weighted by Crippen LogP contribution is -2.50. The standard InChI is InChI=1S/C18H22N4O2S/c1-13-4-2-3-5-14(13)11-25-12-18(23)21-7-6-17-16(9-21)22-15(10-24-17)8-19-20-22/h2-5,8,16-17H,6-7,9-12H2,1H3/t16-,17+/m0/s1. The molecule has 0 bridgehead atoms. The molecule has 1 saturated heterocycles. The molecule has 2 aliphatic rings. The first-order valence-corrected chi connectivity index (χ1v) is 9.78. The SMILES string of the molecule is Cc1ccccc1CSCC(=O)N1CC[C@H]2OCc3cnnn3[C@H]2C1. The van der Waals surface area contributed by atoms with Crippen molar-refractivity contribution in [2.75, 3.05) is 18.8 Å². The number of amides is 1. The molecule has 0 radical (unpaired) electrons. The number of hydrogen-bond acceptors (Lipinski definition) is 5. The summed E-state index contributed by atoms with van der Waals surface area (Å²) < 4.78 is 7.84. The molecule has 25 heavy (non-hydrogen) atoms. The van der Waals surface area contributed by atoms with Crippen LogP contribution in [0.15, 0.2) is 30.5 Å². The Morgan fingerprint density at radius 1 is 1.40 bits per heavy atom. The highest BCUT2D eigenvalue weighted by molar-refractivity contribution is 7.99. The Labute approximate surface area is 151 Å². The van der Waals surface area contributed by atoms with Crippen LogP contribution in [0.25, 0.3) is 0 Å². The molecule has 1 aromatic carbocycles. The average Bonchev–Trinajstić information content (AvgIpc) is 3.12. The molecule has 2 aliphatic heterocycles. The van der Waals surface area contributed by atoms with E-state index in [0.29, 0.717) is 18.9 Å². The predicted molar refractivity (Wildman–Crippen MR) is 96.2 cm³/mol. The molecule has 6 nitrogen and oxygen atoms in total. The van der Waals surface area contributed by atoms with E-state index in [2.05, 4.69) is 29.4 Å². The largest absolute Gasteiger partial charge is 0.370 e. The summed E-state index contributed by atoms with van der Waals surface area (Å²) in [7, 11) is 0. The molecule has 2 aromatic rings. The lowest BCUT2D eigenvalue weighted by atomic mass is 10.0. The molecule has 0 aliphatic carbocycles. The zero-order chi connectivity index (χ0) is 17.2. The van der Waals surface area contributed by atoms with Crippen molar-refractivity contribution in [3.63, 3.8) is 0 Å². The topological polar surface area (TPSA) is 60.3 Å². The summed E-state index contributed by atoms with van der Waals surface area (Å²) in [6, 6.07) is 8.42. The number of nitrogens with zero attached hydrogens (tertiary/aromatic N) is 4. The Morgan fingerprint density at radius 2 is 2.28 bits per heavy atom. The molecule has 0 unspecified atom stereocenters. The van der Waals surface area contributed by atoms with Gasteiger partial charge in [0.15, 0.2) is 0 Å². The Morgan fingerprint density at radius 3 is 3.16 bits per heavy atom. The van der Waals surface area contributed by atoms with Gasteiger partial charge in [-0.1, -0.05) is 29.5 Å². The molecule has 3 heterocycles. The van der Waals surface area contributed by atoms with Crippen molar-refractivity contribution in [2.24, 2.45) is 0 Å². The first-order valence-electron chi connectivity index (χ1n) is 8.63. The predicted octanol–water partition coefficient (Wildman–Crippen LogP) is 2.19. The van der Waals surface area contributed by atoms with Crippen molar-refractivity contribution in [3.8, 4) is 0 Å². The molecule has 0 spiro atoms. The summed E-state index contributed by atoms with van der Waals surface area (Å²) in [5.74, 6) is 1.58. The third-order valence-electron chi connectivity index (χ3n) is 5.03. The number of fused-ring (bicyclic) bond motifs is 3. The quantitative estimate of drug-likeness (QED) is 0.838. The Kier molecular flexibility index (Phi) is 4.76. The van der Waals surface area contributed by atoms with Crippen LogP contribution in [0, 0.1) is 6.92 Å². The number of ether oxygens (including phenoxy) is 1. The first kappa shape index (κ1) is 16.6. The maximum absolute atomic E-state index is 12.6. The number of benzene rings is 1. The van der Waals surface area contributed by atoms with Crippen LogP contribution < -0.4 is 0 Å². The fourth-order valence-corrected chi connectivity index (χ4v) is 4.52. The molecule has 1 amide bonds. The van der Waals surface area contributed by atoms with Crippen molar-refractivity contribution in [2.45, 2.75) is 37.9 Å². The number of aryl methyl sites for hydroxylation is 1. The van der Waals surface area contributed by atoms with Crippen molar-refractivity contribution in [1.29, 1.82) is 0 Å². The minimum Gasteiger partial charge on any atom is -0.370 e. The second-order valence-corrected chi connectivity index (χ2v) is 7.62. The van der Waals surface area contributed by atoms with Crippen LogP contribution in [0.4, 0.5) is 0 Å². The normalized spacial score (nSPS) is 22.4. The third-order valence-corrected chi connectivity index (χ3v) is 5.99. The summed E-state index contributed by atoms with van der Waals surface area (Å²) in [6.45, 7) is 4.09. The van der Waals surface area contributed by atoms with Gasteiger partial charge in [0, 0.05) is 18.8 Å². The van der Waals surface area contributed by atoms with Crippen LogP contribution in [-0.4, -0.2) is 50.7 Å². The van der Waals surface area contributed by atoms with E-state index >= 15 is 0 Å². The molecular weight excluding hydrogens is 336 g/mol. The number of thioether (sulfide) groups is 1. The van der Waals surface area contributed by atoms with Gasteiger partial charge in [-0.15, -0.1) is 16.9 Å². The maximum atomic E-state index is 12.6. The lowest BCUT2D eigenvalue weighted by Gasteiger charge is -2.41. The van der Waals surface area contributed by atoms with Crippen LogP contribution in [0.3, 0.4) is 0 Å². The van der Waals surface area contributed by atoms with Crippen LogP contribution in [0.2, 0.25) is 0 Å². The second-order valence-electron chi connectivity index (χ2n) is 6.63. The van der Waals surface area contributed by atoms with E-state index in [1.807, 2.05) is 21.7 Å². The lowest BCUT2D eigenvalue weighted by molar-refractivity contribution is -0.135. The fourth-order valence-electron chi connectivity index (χ4n) is 3.52. The Balaban J connectivity index is 1.34. The van der Waals surface area contributed by atoms with Gasteiger partial charge < -0.3 is 9.64 Å². The summed E-state index contributed by atoms with van der Waals surface area (Å²) in [5.41, 5.74) is 3.57. The highest BCUT2D eigenvalue weighted by Crippen LogP contribution is 2.30. The molecule has 2 atom stereocenters. The zero-order valence-electron chi connectivity index (χ0n) is 14.3. The second kappa shape index (κ2) is 7.17. The van der Waals surface area contributed by atoms with Crippen LogP contribution in [-0.2, 0) is 21.9 Å². The first-order chi connectivity index (χ1) is 12.2. The van der Waals surface area contributed by atoms with Gasteiger partial charge >= 0.3 is 0 Å². The molecule has 4 rings (SSSR count). The third kappa shape index (κ3) is 3.43. The summed E-state index contributed by atoms with van der Waals surface area (Å²) in [6.07, 6.45) is 2.74. The van der Waals surface area contributed by atoms with Gasteiger partial charge in [-0.25, -0.2) is 4.68 Å². The van der Waals surface area contributed by atoms with E-state index < -0.39 is 0 Å². The minimum atomic E-state index is 0.0883. The number of carbonyl (C=O) groups excluding carboxylic acids is 1. The molecule has 1 fully saturated rings. The van der Waals surface area contributed by atoms with Gasteiger partial charge in [0.2, 0.25) is 5.91 Å². The summed E-state index contributed by atoms with van der Waals surface area (Å²) in [4.78, 5) is 14.6. The monoisotopic (exact) mass is 358 g/mol. The van der Waals surface area contributed by atoms with E-state index in [0.717, 1.165) is 24.4 Å². The van der Waals surface area contributed by atoms with Gasteiger partial charge in [0.1, 0.15) is 0 Å². The van der Waals surface area contributed by atoms with Crippen molar-refractivity contribution >= 4 is 17.7 Å². The maximum Gasteiger partial charge on any atom is 0.232 e. The Hall–Kier alpha value is -1.86. The summed E-state index contributed by atoms with van der Waals surface area (Å²) in [5, 5.41) is 8.17. The van der Waals surface area contributed by atoms with E-state index in [1.165, 1.54) is 11.1 Å². The number of likely N-dealkylation sites (tertiary alicyclic amines) is 1. The number of carbonyl (C=O) groups is 1. The van der Waals surface area contributed by atoms with Crippen LogP contribution >= 0.6 is 11.8 Å². The van der Waals surface area contributed by atoms with E-state index in [9.17, 15) is 4.79 Å². The van der Waals surface area contributed by atoms with Gasteiger partial charge in [0.05, 0.1) is 36.4 Å². The minimum absolute atomic E-state index is 0.0883. The van der Waals surface area contributed by atoms with Gasteiger partial charge in [0.25, 0.3) is 0 Å². The van der Waals surface area contributed by atoms with Crippen molar-refractivity contribution < 1.29 is 9.53 Å². The molecule has 0 N–H and O–H groups in total. The molecule has 1 aromatic heterocycles. The Bertz CT molecular complexity index is 763. The van der Waals surface area contributed by atoms with Crippen LogP contribution in [0.1, 0.15) is 29.3 Å². The van der Waals surface area contributed by atoms with E-state index in [1.54, 1.807) is 18.0 Å². The van der Waals surface area contributed by atoms with E-state index in [-0.39, 0.29) is 18.1 Å². The van der Waals surface area contributed by atoms with Gasteiger partial charge in [-0.3, -0.25) is 4.79 Å². The molecule has 132 valence electrons. The van der Waals surface area contributed by atoms with Crippen LogP contribution in [0.5, 0.6) is 0 Å².